The molecule has 1 aromatic rings. The number of nitrogens with two attached hydrogens (primary N) is 1. The van der Waals surface area contributed by atoms with Gasteiger partial charge in [0.05, 0.1) is 5.69 Å². The molecule has 0 aromatic heterocycles. The summed E-state index contributed by atoms with van der Waals surface area (Å²) in [4.78, 5) is 14.0. The Morgan fingerprint density at radius 3 is 2.67 bits per heavy atom. The summed E-state index contributed by atoms with van der Waals surface area (Å²) in [6.45, 7) is 6.16. The summed E-state index contributed by atoms with van der Waals surface area (Å²) in [5.74, 6) is 1.35. The van der Waals surface area contributed by atoms with E-state index in [1.165, 1.54) is 0 Å². The van der Waals surface area contributed by atoms with Gasteiger partial charge in [-0.05, 0) is 38.8 Å². The number of anilines is 1. The molecule has 2 heterocycles. The maximum Gasteiger partial charge on any atom is 0.414 e. The molecule has 1 aromatic carbocycles. The summed E-state index contributed by atoms with van der Waals surface area (Å²) in [6.07, 6.45) is 0.309. The molecule has 0 spiro atoms. The zero-order chi connectivity index (χ0) is 15.2. The van der Waals surface area contributed by atoms with Gasteiger partial charge in [-0.25, -0.2) is 4.79 Å². The molecule has 6 nitrogen and oxygen atoms in total. The number of benzene rings is 1. The van der Waals surface area contributed by atoms with Gasteiger partial charge in [-0.3, -0.25) is 4.90 Å². The Morgan fingerprint density at radius 1 is 1.33 bits per heavy atom. The molecule has 1 atom stereocenters. The monoisotopic (exact) mass is 292 g/mol. The molecule has 2 aliphatic rings. The van der Waals surface area contributed by atoms with Crippen LogP contribution in [-0.2, 0) is 11.2 Å². The zero-order valence-corrected chi connectivity index (χ0v) is 12.5. The van der Waals surface area contributed by atoms with E-state index < -0.39 is 11.7 Å². The third kappa shape index (κ3) is 2.76. The van der Waals surface area contributed by atoms with Gasteiger partial charge in [0.15, 0.2) is 11.5 Å². The molecule has 6 heteroatoms. The van der Waals surface area contributed by atoms with Crippen molar-refractivity contribution < 1.29 is 19.0 Å². The average Bonchev–Trinajstić information content (AvgIpc) is 2.80. The van der Waals surface area contributed by atoms with Crippen LogP contribution in [0.3, 0.4) is 0 Å². The maximum absolute atomic E-state index is 12.4. The molecule has 0 aliphatic carbocycles. The van der Waals surface area contributed by atoms with Gasteiger partial charge in [-0.15, -0.1) is 0 Å². The predicted octanol–water partition coefficient (Wildman–Crippen LogP) is 2.04. The van der Waals surface area contributed by atoms with Crippen molar-refractivity contribution >= 4 is 11.8 Å². The van der Waals surface area contributed by atoms with Gasteiger partial charge in [-0.1, -0.05) is 0 Å². The summed E-state index contributed by atoms with van der Waals surface area (Å²) in [7, 11) is 0. The molecule has 0 fully saturated rings. The number of rotatable bonds is 0. The normalized spacial score (nSPS) is 20.2. The topological polar surface area (TPSA) is 74.0 Å². The molecule has 2 aliphatic heterocycles. The van der Waals surface area contributed by atoms with Crippen LogP contribution in [0.15, 0.2) is 12.1 Å². The molecule has 2 N–H and O–H groups in total. The first kappa shape index (κ1) is 14.0. The largest absolute Gasteiger partial charge is 0.454 e. The molecule has 0 saturated heterocycles. The minimum absolute atomic E-state index is 0.120. The van der Waals surface area contributed by atoms with Crippen molar-refractivity contribution in [1.82, 2.24) is 0 Å². The molecule has 0 bridgehead atoms. The van der Waals surface area contributed by atoms with Crippen molar-refractivity contribution in [2.45, 2.75) is 38.8 Å². The first-order valence-electron chi connectivity index (χ1n) is 7.02. The molecule has 1 amide bonds. The lowest BCUT2D eigenvalue weighted by Gasteiger charge is -2.34. The second kappa shape index (κ2) is 4.80. The minimum Gasteiger partial charge on any atom is -0.454 e. The van der Waals surface area contributed by atoms with Gasteiger partial charge >= 0.3 is 6.09 Å². The smallest absolute Gasteiger partial charge is 0.414 e. The highest BCUT2D eigenvalue weighted by atomic mass is 16.7. The number of amides is 1. The van der Waals surface area contributed by atoms with Crippen molar-refractivity contribution in [3.05, 3.63) is 17.7 Å². The Kier molecular flexibility index (Phi) is 3.20. The first-order valence-corrected chi connectivity index (χ1v) is 7.02. The van der Waals surface area contributed by atoms with E-state index >= 15 is 0 Å². The van der Waals surface area contributed by atoms with Crippen LogP contribution >= 0.6 is 0 Å². The van der Waals surface area contributed by atoms with Gasteiger partial charge < -0.3 is 19.9 Å². The van der Waals surface area contributed by atoms with Crippen LogP contribution in [0.5, 0.6) is 11.5 Å². The van der Waals surface area contributed by atoms with Crippen LogP contribution in [0, 0.1) is 0 Å². The van der Waals surface area contributed by atoms with Crippen LogP contribution in [0.25, 0.3) is 0 Å². The number of carbonyl (C=O) groups is 1. The second-order valence-corrected chi connectivity index (χ2v) is 6.39. The van der Waals surface area contributed by atoms with Crippen LogP contribution in [-0.4, -0.2) is 31.1 Å². The van der Waals surface area contributed by atoms with Crippen molar-refractivity contribution in [2.24, 2.45) is 5.73 Å². The van der Waals surface area contributed by atoms with Crippen molar-refractivity contribution in [1.29, 1.82) is 0 Å². The van der Waals surface area contributed by atoms with Crippen molar-refractivity contribution in [2.75, 3.05) is 18.2 Å². The Balaban J connectivity index is 1.95. The third-order valence-electron chi connectivity index (χ3n) is 3.38. The van der Waals surface area contributed by atoms with Gasteiger partial charge in [-0.2, -0.15) is 0 Å². The summed E-state index contributed by atoms with van der Waals surface area (Å²) < 4.78 is 16.2. The molecule has 3 rings (SSSR count). The summed E-state index contributed by atoms with van der Waals surface area (Å²) in [6, 6.07) is 3.60. The van der Waals surface area contributed by atoms with Crippen LogP contribution in [0.4, 0.5) is 10.5 Å². The predicted molar refractivity (Wildman–Crippen MR) is 77.8 cm³/mol. The van der Waals surface area contributed by atoms with E-state index in [4.69, 9.17) is 19.9 Å². The fraction of sp³-hybridized carbons (Fsp3) is 0.533. The van der Waals surface area contributed by atoms with Gasteiger partial charge in [0, 0.05) is 18.7 Å². The molecule has 0 saturated carbocycles. The molecular formula is C15H20N2O4. The van der Waals surface area contributed by atoms with Crippen LogP contribution in [0.2, 0.25) is 0 Å². The highest BCUT2D eigenvalue weighted by Gasteiger charge is 2.32. The van der Waals surface area contributed by atoms with E-state index in [2.05, 4.69) is 0 Å². The fourth-order valence-electron chi connectivity index (χ4n) is 2.56. The molecule has 0 radical (unpaired) electrons. The fourth-order valence-corrected chi connectivity index (χ4v) is 2.56. The Morgan fingerprint density at radius 2 is 2.00 bits per heavy atom. The summed E-state index contributed by atoms with van der Waals surface area (Å²) in [5.41, 5.74) is 7.28. The highest BCUT2D eigenvalue weighted by molar-refractivity contribution is 5.90. The molecule has 114 valence electrons. The van der Waals surface area contributed by atoms with E-state index in [0.29, 0.717) is 24.5 Å². The number of hydrogen-bond donors (Lipinski definition) is 1. The molecular weight excluding hydrogens is 272 g/mol. The van der Waals surface area contributed by atoms with E-state index in [9.17, 15) is 4.79 Å². The van der Waals surface area contributed by atoms with Gasteiger partial charge in [0.1, 0.15) is 5.60 Å². The standard InChI is InChI=1S/C15H20N2O4/c1-15(2,3)21-14(18)17-7-10(16)4-9-5-12-13(6-11(9)17)20-8-19-12/h5-6,10H,4,7-8,16H2,1-3H3. The molecule has 21 heavy (non-hydrogen) atoms. The molecule has 1 unspecified atom stereocenters. The number of ether oxygens (including phenoxy) is 3. The van der Waals surface area contributed by atoms with Crippen LogP contribution < -0.4 is 20.1 Å². The van der Waals surface area contributed by atoms with Crippen molar-refractivity contribution in [3.63, 3.8) is 0 Å². The average molecular weight is 292 g/mol. The quantitative estimate of drug-likeness (QED) is 0.792. The minimum atomic E-state index is -0.547. The number of fused-ring (bicyclic) bond motifs is 2. The number of hydrogen-bond acceptors (Lipinski definition) is 5. The van der Waals surface area contributed by atoms with Crippen molar-refractivity contribution in [3.8, 4) is 11.5 Å². The summed E-state index contributed by atoms with van der Waals surface area (Å²) >= 11 is 0. The SMILES string of the molecule is CC(C)(C)OC(=O)N1CC(N)Cc2cc3c(cc21)OCO3. The number of nitrogens with zero attached hydrogens (tertiary/aromatic N) is 1. The lowest BCUT2D eigenvalue weighted by Crippen LogP contribution is -2.48. The third-order valence-corrected chi connectivity index (χ3v) is 3.38. The van der Waals surface area contributed by atoms with E-state index in [1.54, 1.807) is 4.90 Å². The van der Waals surface area contributed by atoms with E-state index in [1.807, 2.05) is 32.9 Å². The van der Waals surface area contributed by atoms with E-state index in [0.717, 1.165) is 11.3 Å². The number of carbonyl (C=O) groups excluding carboxylic acids is 1. The Bertz CT molecular complexity index is 580. The summed E-state index contributed by atoms with van der Waals surface area (Å²) in [5, 5.41) is 0. The van der Waals surface area contributed by atoms with Gasteiger partial charge in [0.2, 0.25) is 6.79 Å². The Labute approximate surface area is 123 Å². The lowest BCUT2D eigenvalue weighted by atomic mass is 9.98. The Hall–Kier alpha value is -1.95. The van der Waals surface area contributed by atoms with Gasteiger partial charge in [0.25, 0.3) is 0 Å². The second-order valence-electron chi connectivity index (χ2n) is 6.39. The van der Waals surface area contributed by atoms with E-state index in [-0.39, 0.29) is 12.8 Å². The zero-order valence-electron chi connectivity index (χ0n) is 12.5. The van der Waals surface area contributed by atoms with Crippen LogP contribution in [0.1, 0.15) is 26.3 Å². The first-order chi connectivity index (χ1) is 9.83. The highest BCUT2D eigenvalue weighted by Crippen LogP contribution is 2.40. The lowest BCUT2D eigenvalue weighted by molar-refractivity contribution is 0.0575. The maximum atomic E-state index is 12.4.